The minimum Gasteiger partial charge on any atom is -0.468 e. The molecule has 4 nitrogen and oxygen atoms in total. The zero-order valence-electron chi connectivity index (χ0n) is 50.7. The number of anilines is 9. The average molecular weight is 1040 g/mol. The fourth-order valence-corrected chi connectivity index (χ4v) is 15.1. The summed E-state index contributed by atoms with van der Waals surface area (Å²) in [5, 5.41) is 1.20. The number of benzene rings is 7. The molecule has 8 aromatic rings. The number of rotatable bonds is 5. The van der Waals surface area contributed by atoms with Crippen molar-refractivity contribution in [3.05, 3.63) is 177 Å². The van der Waals surface area contributed by atoms with Crippen molar-refractivity contribution in [2.24, 2.45) is 0 Å². The van der Waals surface area contributed by atoms with Crippen LogP contribution in [0.1, 0.15) is 192 Å². The number of fused-ring (bicyclic) bond motifs is 9. The zero-order valence-corrected chi connectivity index (χ0v) is 50.7. The minimum absolute atomic E-state index is 0.0140. The van der Waals surface area contributed by atoms with Crippen molar-refractivity contribution in [2.75, 3.05) is 14.7 Å². The van der Waals surface area contributed by atoms with Crippen LogP contribution in [0.3, 0.4) is 0 Å². The van der Waals surface area contributed by atoms with E-state index in [1.165, 1.54) is 125 Å². The first kappa shape index (κ1) is 52.0. The molecule has 0 radical (unpaired) electrons. The fourth-order valence-electron chi connectivity index (χ4n) is 15.1. The quantitative estimate of drug-likeness (QED) is 0.160. The Labute approximate surface area is 473 Å². The van der Waals surface area contributed by atoms with Crippen LogP contribution >= 0.6 is 0 Å². The van der Waals surface area contributed by atoms with E-state index in [1.807, 2.05) is 0 Å². The first-order valence-electron chi connectivity index (χ1n) is 29.8. The number of nitrogens with zero attached hydrogens (tertiary/aromatic N) is 3. The molecule has 0 unspecified atom stereocenters. The Balaban J connectivity index is 1.17. The van der Waals surface area contributed by atoms with Gasteiger partial charge in [0.2, 0.25) is 0 Å². The van der Waals surface area contributed by atoms with Crippen LogP contribution in [-0.2, 0) is 37.9 Å². The van der Waals surface area contributed by atoms with Gasteiger partial charge in [0, 0.05) is 50.9 Å². The summed E-state index contributed by atoms with van der Waals surface area (Å²) in [6.45, 7) is 41.0. The molecule has 5 aliphatic rings. The Bertz CT molecular complexity index is 3810. The highest BCUT2D eigenvalue weighted by atomic mass is 16.3. The molecule has 0 amide bonds. The van der Waals surface area contributed by atoms with E-state index in [-0.39, 0.29) is 44.6 Å². The van der Waals surface area contributed by atoms with Gasteiger partial charge >= 0.3 is 0 Å². The second kappa shape index (κ2) is 17.0. The maximum Gasteiger partial charge on any atom is 0.297 e. The van der Waals surface area contributed by atoms with Crippen LogP contribution in [0, 0.1) is 13.8 Å². The van der Waals surface area contributed by atoms with Gasteiger partial charge in [-0.2, -0.15) is 0 Å². The molecule has 3 heterocycles. The summed E-state index contributed by atoms with van der Waals surface area (Å²) in [6, 6.07) is 50.3. The van der Waals surface area contributed by atoms with E-state index in [0.717, 1.165) is 42.6 Å². The molecule has 3 aliphatic carbocycles. The predicted molar refractivity (Wildman–Crippen MR) is 339 cm³/mol. The molecule has 0 atom stereocenters. The number of aryl methyl sites for hydroxylation is 2. The molecule has 0 saturated carbocycles. The Morgan fingerprint density at radius 1 is 0.456 bits per heavy atom. The molecule has 0 spiro atoms. The second-order valence-electron chi connectivity index (χ2n) is 29.9. The molecular weight excluding hydrogens is 958 g/mol. The highest BCUT2D eigenvalue weighted by molar-refractivity contribution is 7.00. The summed E-state index contributed by atoms with van der Waals surface area (Å²) >= 11 is 0. The van der Waals surface area contributed by atoms with Crippen molar-refractivity contribution in [1.82, 2.24) is 0 Å². The Hall–Kier alpha value is -6.46. The normalized spacial score (nSPS) is 19.4. The van der Waals surface area contributed by atoms with Gasteiger partial charge in [-0.1, -0.05) is 158 Å². The summed E-state index contributed by atoms with van der Waals surface area (Å²) in [4.78, 5) is 7.84. The Morgan fingerprint density at radius 2 is 0.899 bits per heavy atom. The summed E-state index contributed by atoms with van der Waals surface area (Å²) in [7, 11) is 0. The molecule has 0 N–H and O–H groups in total. The number of hydrogen-bond donors (Lipinski definition) is 0. The summed E-state index contributed by atoms with van der Waals surface area (Å²) < 4.78 is 7.80. The maximum absolute atomic E-state index is 7.80. The van der Waals surface area contributed by atoms with Crippen LogP contribution in [0.5, 0.6) is 0 Å². The number of para-hydroxylation sites is 2. The van der Waals surface area contributed by atoms with Crippen molar-refractivity contribution in [1.29, 1.82) is 0 Å². The second-order valence-corrected chi connectivity index (χ2v) is 29.9. The Kier molecular flexibility index (Phi) is 11.2. The van der Waals surface area contributed by atoms with Gasteiger partial charge in [-0.3, -0.25) is 0 Å². The van der Waals surface area contributed by atoms with Gasteiger partial charge in [0.15, 0.2) is 0 Å². The minimum atomic E-state index is -0.192. The van der Waals surface area contributed by atoms with Gasteiger partial charge < -0.3 is 19.1 Å². The first-order chi connectivity index (χ1) is 37.1. The van der Waals surface area contributed by atoms with Crippen LogP contribution in [0.15, 0.2) is 132 Å². The van der Waals surface area contributed by atoms with E-state index in [9.17, 15) is 0 Å². The highest BCUT2D eigenvalue weighted by Gasteiger charge is 2.50. The standard InChI is InChI=1S/C74H84BN3O/c1-45-22-18-20-24-59(45)76(60-25-21-19-23-46(60)2)50-28-31-58-61(42-50)77(48-26-29-52-54(40-48)71(10,11)34-32-69(52,6)7)62-38-47(68(3,4)5)39-63-65(62)75(58)67-66(51-43-56-57(44-64(51)79-67)74(16,17)37-36-73(56,14)15)78(63)49-27-30-53-55(41-49)72(12,13)35-33-70(53,8)9/h18-31,38-44H,32-37H2,1-17H3. The Morgan fingerprint density at radius 3 is 1.39 bits per heavy atom. The SMILES string of the molecule is Cc1ccccc1N(c1ccc2c(c1)N(c1ccc3c(c1)C(C)(C)CCC3(C)C)c1cc(C(C)(C)C)cc3c1B2c1oc2cc4c(cc2c1N3c1ccc2c(c1)C(C)(C)CCC2(C)C)C(C)(C)CCC4(C)C)c1ccccc1C. The van der Waals surface area contributed by atoms with E-state index < -0.39 is 0 Å². The average Bonchev–Trinajstić information content (AvgIpc) is 2.98. The first-order valence-corrected chi connectivity index (χ1v) is 29.8. The highest BCUT2D eigenvalue weighted by Crippen LogP contribution is 2.56. The van der Waals surface area contributed by atoms with E-state index in [1.54, 1.807) is 0 Å². The van der Waals surface area contributed by atoms with Crippen LogP contribution in [0.4, 0.5) is 51.2 Å². The van der Waals surface area contributed by atoms with Crippen molar-refractivity contribution < 1.29 is 4.42 Å². The van der Waals surface area contributed by atoms with Crippen molar-refractivity contribution >= 4 is 85.5 Å². The monoisotopic (exact) mass is 1040 g/mol. The van der Waals surface area contributed by atoms with Gasteiger partial charge in [-0.25, -0.2) is 0 Å². The molecule has 5 heteroatoms. The molecule has 0 bridgehead atoms. The summed E-state index contributed by atoms with van der Waals surface area (Å²) in [5.41, 5.74) is 27.8. The van der Waals surface area contributed by atoms with Crippen molar-refractivity contribution in [3.63, 3.8) is 0 Å². The van der Waals surface area contributed by atoms with E-state index in [0.29, 0.717) is 0 Å². The zero-order chi connectivity index (χ0) is 55.9. The van der Waals surface area contributed by atoms with E-state index in [4.69, 9.17) is 4.42 Å². The third-order valence-electron chi connectivity index (χ3n) is 20.6. The molecule has 0 saturated heterocycles. The third-order valence-corrected chi connectivity index (χ3v) is 20.6. The van der Waals surface area contributed by atoms with Gasteiger partial charge in [-0.15, -0.1) is 0 Å². The largest absolute Gasteiger partial charge is 0.468 e. The van der Waals surface area contributed by atoms with Gasteiger partial charge in [0.05, 0.1) is 11.3 Å². The van der Waals surface area contributed by atoms with Gasteiger partial charge in [0.1, 0.15) is 5.58 Å². The van der Waals surface area contributed by atoms with Crippen LogP contribution in [0.2, 0.25) is 0 Å². The number of furan rings is 1. The van der Waals surface area contributed by atoms with E-state index in [2.05, 4.69) is 260 Å². The lowest BCUT2D eigenvalue weighted by molar-refractivity contribution is 0.332. The van der Waals surface area contributed by atoms with Crippen LogP contribution < -0.4 is 31.3 Å². The lowest BCUT2D eigenvalue weighted by atomic mass is 9.35. The molecule has 0 fully saturated rings. The predicted octanol–water partition coefficient (Wildman–Crippen LogP) is 18.9. The number of hydrogen-bond acceptors (Lipinski definition) is 4. The third kappa shape index (κ3) is 7.88. The van der Waals surface area contributed by atoms with Crippen molar-refractivity contribution in [3.8, 4) is 0 Å². The van der Waals surface area contributed by atoms with Crippen LogP contribution in [-0.4, -0.2) is 6.71 Å². The van der Waals surface area contributed by atoms with E-state index >= 15 is 0 Å². The molecule has 2 aliphatic heterocycles. The molecular formula is C74H84BN3O. The molecule has 7 aromatic carbocycles. The molecule has 1 aromatic heterocycles. The smallest absolute Gasteiger partial charge is 0.297 e. The lowest BCUT2D eigenvalue weighted by Crippen LogP contribution is -2.61. The van der Waals surface area contributed by atoms with Gasteiger partial charge in [0.25, 0.3) is 6.71 Å². The van der Waals surface area contributed by atoms with Crippen LogP contribution in [0.25, 0.3) is 11.0 Å². The molecule has 79 heavy (non-hydrogen) atoms. The molecule has 404 valence electrons. The summed E-state index contributed by atoms with van der Waals surface area (Å²) in [6.07, 6.45) is 6.93. The fraction of sp³-hybridized carbons (Fsp3) is 0.405. The maximum atomic E-state index is 7.80. The summed E-state index contributed by atoms with van der Waals surface area (Å²) in [5.74, 6) is 0. The topological polar surface area (TPSA) is 22.9 Å². The molecule has 13 rings (SSSR count). The lowest BCUT2D eigenvalue weighted by Gasteiger charge is -2.46. The van der Waals surface area contributed by atoms with Gasteiger partial charge in [-0.05, 0) is 224 Å². The van der Waals surface area contributed by atoms with Crippen molar-refractivity contribution in [2.45, 2.75) is 194 Å².